The van der Waals surface area contributed by atoms with Crippen LogP contribution in [0.15, 0.2) is 66.0 Å². The van der Waals surface area contributed by atoms with Gasteiger partial charge in [-0.2, -0.15) is 0 Å². The highest BCUT2D eigenvalue weighted by Gasteiger charge is 2.23. The van der Waals surface area contributed by atoms with Gasteiger partial charge in [0.25, 0.3) is 0 Å². The fourth-order valence-electron chi connectivity index (χ4n) is 4.33. The largest absolute Gasteiger partial charge is 0.454 e. The lowest BCUT2D eigenvalue weighted by Crippen LogP contribution is -2.50. The maximum atomic E-state index is 13.0. The Bertz CT molecular complexity index is 1270. The minimum absolute atomic E-state index is 0.177. The van der Waals surface area contributed by atoms with Crippen molar-refractivity contribution in [1.82, 2.24) is 21.3 Å². The van der Waals surface area contributed by atoms with E-state index in [2.05, 4.69) is 21.3 Å². The third-order valence-corrected chi connectivity index (χ3v) is 7.43. The molecule has 10 nitrogen and oxygen atoms in total. The number of benzene rings is 2. The van der Waals surface area contributed by atoms with Crippen molar-refractivity contribution >= 4 is 29.4 Å². The second-order valence-corrected chi connectivity index (χ2v) is 10.6. The number of carbonyl (C=O) groups is 3. The van der Waals surface area contributed by atoms with Crippen LogP contribution in [-0.2, 0) is 22.7 Å². The number of alkyl carbamates (subject to hydrolysis) is 1. The zero-order valence-electron chi connectivity index (χ0n) is 23.0. The van der Waals surface area contributed by atoms with Gasteiger partial charge in [-0.15, -0.1) is 11.3 Å². The first-order valence-electron chi connectivity index (χ1n) is 13.7. The Morgan fingerprint density at radius 1 is 0.951 bits per heavy atom. The van der Waals surface area contributed by atoms with Gasteiger partial charge >= 0.3 is 12.1 Å². The summed E-state index contributed by atoms with van der Waals surface area (Å²) in [7, 11) is 0. The van der Waals surface area contributed by atoms with Gasteiger partial charge in [0.15, 0.2) is 11.5 Å². The topological polar surface area (TPSA) is 127 Å². The molecule has 0 radical (unpaired) electrons. The number of rotatable bonds is 14. The van der Waals surface area contributed by atoms with Gasteiger partial charge in [-0.05, 0) is 60.4 Å². The number of hydrogen-bond acceptors (Lipinski definition) is 7. The summed E-state index contributed by atoms with van der Waals surface area (Å²) in [4.78, 5) is 39.1. The molecule has 41 heavy (non-hydrogen) atoms. The maximum Gasteiger partial charge on any atom is 0.407 e. The highest BCUT2D eigenvalue weighted by Crippen LogP contribution is 2.34. The summed E-state index contributed by atoms with van der Waals surface area (Å²) in [6, 6.07) is 17.4. The molecule has 3 aromatic rings. The molecule has 11 heteroatoms. The summed E-state index contributed by atoms with van der Waals surface area (Å²) in [6.45, 7) is 3.13. The van der Waals surface area contributed by atoms with E-state index in [-0.39, 0.29) is 25.3 Å². The summed E-state index contributed by atoms with van der Waals surface area (Å²) in [6.07, 6.45) is 1.79. The summed E-state index contributed by atoms with van der Waals surface area (Å²) in [5.74, 6) is 1.06. The van der Waals surface area contributed by atoms with E-state index in [1.54, 1.807) is 11.3 Å². The number of fused-ring (bicyclic) bond motifs is 1. The van der Waals surface area contributed by atoms with E-state index < -0.39 is 18.2 Å². The predicted octanol–water partition coefficient (Wildman–Crippen LogP) is 5.01. The Morgan fingerprint density at radius 3 is 2.56 bits per heavy atom. The van der Waals surface area contributed by atoms with E-state index in [4.69, 9.17) is 14.2 Å². The van der Waals surface area contributed by atoms with Gasteiger partial charge in [0.05, 0.1) is 12.6 Å². The third kappa shape index (κ3) is 9.42. The fraction of sp³-hybridized carbons (Fsp3) is 0.367. The van der Waals surface area contributed by atoms with Crippen molar-refractivity contribution in [2.24, 2.45) is 0 Å². The molecule has 0 aliphatic carbocycles. The van der Waals surface area contributed by atoms with Gasteiger partial charge in [-0.25, -0.2) is 9.59 Å². The number of nitrogens with one attached hydrogen (secondary N) is 4. The van der Waals surface area contributed by atoms with Crippen LogP contribution in [0.1, 0.15) is 54.7 Å². The molecule has 0 saturated heterocycles. The van der Waals surface area contributed by atoms with Gasteiger partial charge < -0.3 is 35.5 Å². The number of amides is 4. The SMILES string of the molecule is CC[C@H](NC(=O)N[C@@H](CCCCNC(=O)OCc1ccccc1)C(=O)NCc1cccs1)c1ccc2c(c1)OCO2. The van der Waals surface area contributed by atoms with Crippen molar-refractivity contribution in [3.05, 3.63) is 82.0 Å². The average molecular weight is 581 g/mol. The van der Waals surface area contributed by atoms with Crippen LogP contribution in [0, 0.1) is 0 Å². The number of unbranched alkanes of at least 4 members (excludes halogenated alkanes) is 1. The average Bonchev–Trinajstić information content (AvgIpc) is 3.69. The van der Waals surface area contributed by atoms with Crippen molar-refractivity contribution in [2.75, 3.05) is 13.3 Å². The first-order valence-corrected chi connectivity index (χ1v) is 14.6. The highest BCUT2D eigenvalue weighted by molar-refractivity contribution is 7.09. The Labute approximate surface area is 243 Å². The lowest BCUT2D eigenvalue weighted by atomic mass is 10.0. The van der Waals surface area contributed by atoms with Crippen LogP contribution < -0.4 is 30.7 Å². The molecule has 0 fully saturated rings. The molecule has 0 saturated carbocycles. The quantitative estimate of drug-likeness (QED) is 0.199. The Morgan fingerprint density at radius 2 is 1.78 bits per heavy atom. The van der Waals surface area contributed by atoms with Gasteiger partial charge in [0.1, 0.15) is 12.6 Å². The molecule has 2 aromatic carbocycles. The zero-order chi connectivity index (χ0) is 28.9. The van der Waals surface area contributed by atoms with Crippen LogP contribution in [0.2, 0.25) is 0 Å². The normalized spacial score (nSPS) is 13.1. The van der Waals surface area contributed by atoms with Crippen molar-refractivity contribution < 1.29 is 28.6 Å². The number of ether oxygens (including phenoxy) is 3. The van der Waals surface area contributed by atoms with Gasteiger partial charge in [0.2, 0.25) is 12.7 Å². The molecule has 4 rings (SSSR count). The van der Waals surface area contributed by atoms with E-state index in [0.717, 1.165) is 16.0 Å². The molecule has 0 spiro atoms. The smallest absolute Gasteiger partial charge is 0.407 e. The van der Waals surface area contributed by atoms with Crippen LogP contribution in [0.25, 0.3) is 0 Å². The monoisotopic (exact) mass is 580 g/mol. The zero-order valence-corrected chi connectivity index (χ0v) is 23.8. The molecule has 4 amide bonds. The molecule has 4 N–H and O–H groups in total. The Kier molecular flexibility index (Phi) is 11.2. The summed E-state index contributed by atoms with van der Waals surface area (Å²) in [5.41, 5.74) is 1.79. The van der Waals surface area contributed by atoms with Gasteiger partial charge in [0, 0.05) is 11.4 Å². The molecular weight excluding hydrogens is 544 g/mol. The number of urea groups is 1. The maximum absolute atomic E-state index is 13.0. The second kappa shape index (κ2) is 15.5. The van der Waals surface area contributed by atoms with Crippen LogP contribution in [-0.4, -0.2) is 37.4 Å². The first-order chi connectivity index (χ1) is 20.0. The lowest BCUT2D eigenvalue weighted by molar-refractivity contribution is -0.123. The lowest BCUT2D eigenvalue weighted by Gasteiger charge is -2.22. The molecule has 0 unspecified atom stereocenters. The molecule has 218 valence electrons. The van der Waals surface area contributed by atoms with E-state index in [1.807, 2.05) is 73.0 Å². The summed E-state index contributed by atoms with van der Waals surface area (Å²) in [5, 5.41) is 13.4. The van der Waals surface area contributed by atoms with Gasteiger partial charge in [-0.3, -0.25) is 4.79 Å². The van der Waals surface area contributed by atoms with Crippen LogP contribution in [0.5, 0.6) is 11.5 Å². The van der Waals surface area contributed by atoms with Gasteiger partial charge in [-0.1, -0.05) is 49.4 Å². The molecule has 2 atom stereocenters. The number of carbonyl (C=O) groups excluding carboxylic acids is 3. The minimum atomic E-state index is -0.741. The Hall–Kier alpha value is -4.25. The van der Waals surface area contributed by atoms with Crippen molar-refractivity contribution in [2.45, 2.75) is 57.8 Å². The molecule has 1 aromatic heterocycles. The van der Waals surface area contributed by atoms with E-state index in [0.29, 0.717) is 50.3 Å². The summed E-state index contributed by atoms with van der Waals surface area (Å²) < 4.78 is 16.1. The molecule has 0 bridgehead atoms. The van der Waals surface area contributed by atoms with Crippen molar-refractivity contribution in [3.63, 3.8) is 0 Å². The van der Waals surface area contributed by atoms with Crippen LogP contribution >= 0.6 is 11.3 Å². The molecule has 2 heterocycles. The number of hydrogen-bond donors (Lipinski definition) is 4. The van der Waals surface area contributed by atoms with Crippen molar-refractivity contribution in [3.8, 4) is 11.5 Å². The van der Waals surface area contributed by atoms with E-state index in [9.17, 15) is 14.4 Å². The first kappa shape index (κ1) is 29.7. The second-order valence-electron chi connectivity index (χ2n) is 9.53. The van der Waals surface area contributed by atoms with Crippen LogP contribution in [0.3, 0.4) is 0 Å². The van der Waals surface area contributed by atoms with E-state index in [1.165, 1.54) is 0 Å². The fourth-order valence-corrected chi connectivity index (χ4v) is 4.97. The summed E-state index contributed by atoms with van der Waals surface area (Å²) >= 11 is 1.55. The highest BCUT2D eigenvalue weighted by atomic mass is 32.1. The number of thiophene rings is 1. The van der Waals surface area contributed by atoms with Crippen molar-refractivity contribution in [1.29, 1.82) is 0 Å². The molecule has 1 aliphatic heterocycles. The molecular formula is C30H36N4O6S. The molecule has 1 aliphatic rings. The predicted molar refractivity (Wildman–Crippen MR) is 156 cm³/mol. The minimum Gasteiger partial charge on any atom is -0.454 e. The third-order valence-electron chi connectivity index (χ3n) is 6.55. The standard InChI is InChI=1S/C30H36N4O6S/c1-2-24(22-13-14-26-27(17-22)40-20-39-26)33-29(36)34-25(28(35)32-18-23-11-8-16-41-23)12-6-7-15-31-30(37)38-19-21-9-4-3-5-10-21/h3-5,8-11,13-14,16-17,24-25H,2,6-7,12,15,18-20H2,1H3,(H,31,37)(H,32,35)(H2,33,34,36)/t24-,25-/m0/s1. The van der Waals surface area contributed by atoms with E-state index >= 15 is 0 Å². The Balaban J connectivity index is 1.25. The van der Waals surface area contributed by atoms with Crippen LogP contribution in [0.4, 0.5) is 9.59 Å².